The molecule has 0 saturated carbocycles. The molecular formula is C21H21N3O4. The summed E-state index contributed by atoms with van der Waals surface area (Å²) >= 11 is 0. The fourth-order valence-electron chi connectivity index (χ4n) is 3.05. The van der Waals surface area contributed by atoms with E-state index < -0.39 is 5.97 Å². The van der Waals surface area contributed by atoms with Crippen LogP contribution in [0.3, 0.4) is 0 Å². The van der Waals surface area contributed by atoms with E-state index in [2.05, 4.69) is 15.3 Å². The first kappa shape index (κ1) is 18.2. The number of esters is 1. The van der Waals surface area contributed by atoms with Crippen LogP contribution in [0, 0.1) is 0 Å². The molecule has 0 spiro atoms. The van der Waals surface area contributed by atoms with Crippen LogP contribution >= 0.6 is 0 Å². The number of carbonyl (C=O) groups is 1. The summed E-state index contributed by atoms with van der Waals surface area (Å²) in [6.45, 7) is 0.928. The van der Waals surface area contributed by atoms with Crippen LogP contribution in [0.5, 0.6) is 5.75 Å². The Labute approximate surface area is 162 Å². The number of methoxy groups -OCH3 is 1. The van der Waals surface area contributed by atoms with Gasteiger partial charge < -0.3 is 19.5 Å². The first-order chi connectivity index (χ1) is 13.7. The van der Waals surface area contributed by atoms with Crippen molar-refractivity contribution in [3.63, 3.8) is 0 Å². The van der Waals surface area contributed by atoms with Gasteiger partial charge >= 0.3 is 5.97 Å². The van der Waals surface area contributed by atoms with Crippen LogP contribution < -0.4 is 10.1 Å². The van der Waals surface area contributed by atoms with Crippen LogP contribution in [0.25, 0.3) is 11.0 Å². The minimum absolute atomic E-state index is 0.0460. The molecule has 1 atom stereocenters. The van der Waals surface area contributed by atoms with E-state index in [9.17, 15) is 4.79 Å². The van der Waals surface area contributed by atoms with Crippen molar-refractivity contribution in [1.82, 2.24) is 9.97 Å². The molecule has 1 aromatic heterocycles. The number of benzene rings is 2. The topological polar surface area (TPSA) is 82.6 Å². The van der Waals surface area contributed by atoms with Crippen LogP contribution in [-0.4, -0.2) is 42.4 Å². The Balaban J connectivity index is 1.62. The predicted molar refractivity (Wildman–Crippen MR) is 105 cm³/mol. The number of ether oxygens (including phenoxy) is 3. The van der Waals surface area contributed by atoms with Gasteiger partial charge in [0.05, 0.1) is 24.2 Å². The third-order valence-electron chi connectivity index (χ3n) is 4.54. The van der Waals surface area contributed by atoms with Crippen LogP contribution in [0.4, 0.5) is 11.5 Å². The zero-order valence-corrected chi connectivity index (χ0v) is 15.6. The van der Waals surface area contributed by atoms with Gasteiger partial charge in [-0.15, -0.1) is 0 Å². The van der Waals surface area contributed by atoms with Crippen molar-refractivity contribution >= 4 is 28.5 Å². The maximum atomic E-state index is 12.7. The molecule has 7 nitrogen and oxygen atoms in total. The number of carbonyl (C=O) groups excluding carboxylic acids is 1. The molecule has 144 valence electrons. The predicted octanol–water partition coefficient (Wildman–Crippen LogP) is 3.72. The summed E-state index contributed by atoms with van der Waals surface area (Å²) in [5.41, 5.74) is 2.23. The highest BCUT2D eigenvalue weighted by molar-refractivity contribution is 5.96. The van der Waals surface area contributed by atoms with Gasteiger partial charge in [-0.1, -0.05) is 12.1 Å². The van der Waals surface area contributed by atoms with Crippen molar-refractivity contribution < 1.29 is 19.0 Å². The van der Waals surface area contributed by atoms with Crippen molar-refractivity contribution in [3.05, 3.63) is 54.2 Å². The molecule has 28 heavy (non-hydrogen) atoms. The maximum Gasteiger partial charge on any atom is 0.360 e. The van der Waals surface area contributed by atoms with Crippen LogP contribution in [-0.2, 0) is 9.47 Å². The lowest BCUT2D eigenvalue weighted by atomic mass is 10.2. The van der Waals surface area contributed by atoms with E-state index in [-0.39, 0.29) is 18.4 Å². The van der Waals surface area contributed by atoms with Gasteiger partial charge in [-0.25, -0.2) is 14.8 Å². The summed E-state index contributed by atoms with van der Waals surface area (Å²) in [5.74, 6) is 0.567. The summed E-state index contributed by atoms with van der Waals surface area (Å²) < 4.78 is 16.1. The van der Waals surface area contributed by atoms with Gasteiger partial charge in [-0.3, -0.25) is 0 Å². The summed E-state index contributed by atoms with van der Waals surface area (Å²) in [7, 11) is 1.61. The second kappa shape index (κ2) is 8.22. The molecule has 1 aliphatic heterocycles. The molecule has 2 heterocycles. The van der Waals surface area contributed by atoms with Gasteiger partial charge in [0.15, 0.2) is 11.5 Å². The minimum Gasteiger partial charge on any atom is -0.497 e. The molecule has 1 N–H and O–H groups in total. The van der Waals surface area contributed by atoms with Gasteiger partial charge in [0.1, 0.15) is 12.4 Å². The Kier molecular flexibility index (Phi) is 5.34. The van der Waals surface area contributed by atoms with Gasteiger partial charge in [0.25, 0.3) is 0 Å². The lowest BCUT2D eigenvalue weighted by Crippen LogP contribution is -2.19. The number of rotatable bonds is 6. The summed E-state index contributed by atoms with van der Waals surface area (Å²) in [6, 6.07) is 14.7. The molecule has 1 aliphatic rings. The van der Waals surface area contributed by atoms with Crippen molar-refractivity contribution in [2.45, 2.75) is 18.9 Å². The highest BCUT2D eigenvalue weighted by atomic mass is 16.6. The molecule has 0 amide bonds. The maximum absolute atomic E-state index is 12.7. The molecule has 0 aliphatic carbocycles. The van der Waals surface area contributed by atoms with Crippen molar-refractivity contribution in [3.8, 4) is 5.75 Å². The third kappa shape index (κ3) is 4.04. The first-order valence-corrected chi connectivity index (χ1v) is 9.19. The fourth-order valence-corrected chi connectivity index (χ4v) is 3.05. The van der Waals surface area contributed by atoms with E-state index >= 15 is 0 Å². The Morgan fingerprint density at radius 1 is 1.14 bits per heavy atom. The van der Waals surface area contributed by atoms with Crippen LogP contribution in [0.15, 0.2) is 48.5 Å². The Bertz CT molecular complexity index is 969. The second-order valence-corrected chi connectivity index (χ2v) is 6.50. The zero-order valence-electron chi connectivity index (χ0n) is 15.6. The molecule has 4 rings (SSSR count). The highest BCUT2D eigenvalue weighted by Crippen LogP contribution is 2.24. The number of para-hydroxylation sites is 2. The van der Waals surface area contributed by atoms with Gasteiger partial charge in [0.2, 0.25) is 0 Å². The number of nitrogens with one attached hydrogen (secondary N) is 1. The fraction of sp³-hybridized carbons (Fsp3) is 0.286. The first-order valence-electron chi connectivity index (χ1n) is 9.19. The smallest absolute Gasteiger partial charge is 0.360 e. The molecule has 0 bridgehead atoms. The van der Waals surface area contributed by atoms with Crippen molar-refractivity contribution in [1.29, 1.82) is 0 Å². The molecule has 2 aromatic carbocycles. The Hall–Kier alpha value is -3.19. The zero-order chi connectivity index (χ0) is 19.3. The summed E-state index contributed by atoms with van der Waals surface area (Å²) in [5, 5.41) is 3.16. The highest BCUT2D eigenvalue weighted by Gasteiger charge is 2.22. The average Bonchev–Trinajstić information content (AvgIpc) is 3.26. The van der Waals surface area contributed by atoms with Gasteiger partial charge in [-0.05, 0) is 49.2 Å². The Morgan fingerprint density at radius 2 is 1.89 bits per heavy atom. The molecule has 0 unspecified atom stereocenters. The molecule has 7 heteroatoms. The largest absolute Gasteiger partial charge is 0.497 e. The number of aromatic nitrogens is 2. The quantitative estimate of drug-likeness (QED) is 0.654. The normalized spacial score (nSPS) is 16.1. The Morgan fingerprint density at radius 3 is 2.57 bits per heavy atom. The molecule has 0 radical (unpaired) electrons. The van der Waals surface area contributed by atoms with E-state index in [1.165, 1.54) is 0 Å². The van der Waals surface area contributed by atoms with Crippen LogP contribution in [0.1, 0.15) is 23.3 Å². The number of nitrogens with zero attached hydrogens (tertiary/aromatic N) is 2. The van der Waals surface area contributed by atoms with E-state index in [1.807, 2.05) is 48.5 Å². The van der Waals surface area contributed by atoms with E-state index in [0.29, 0.717) is 23.5 Å². The van der Waals surface area contributed by atoms with Gasteiger partial charge in [0, 0.05) is 12.3 Å². The van der Waals surface area contributed by atoms with Crippen LogP contribution in [0.2, 0.25) is 0 Å². The number of anilines is 2. The van der Waals surface area contributed by atoms with E-state index in [1.54, 1.807) is 7.11 Å². The molecule has 3 aromatic rings. The average molecular weight is 379 g/mol. The number of fused-ring (bicyclic) bond motifs is 1. The van der Waals surface area contributed by atoms with E-state index in [4.69, 9.17) is 14.2 Å². The molecular weight excluding hydrogens is 358 g/mol. The number of hydrogen-bond acceptors (Lipinski definition) is 7. The lowest BCUT2D eigenvalue weighted by Gasteiger charge is -2.13. The minimum atomic E-state index is -0.523. The summed E-state index contributed by atoms with van der Waals surface area (Å²) in [4.78, 5) is 21.8. The van der Waals surface area contributed by atoms with E-state index in [0.717, 1.165) is 24.3 Å². The van der Waals surface area contributed by atoms with Crippen molar-refractivity contribution in [2.24, 2.45) is 0 Å². The lowest BCUT2D eigenvalue weighted by molar-refractivity contribution is 0.0157. The SMILES string of the molecule is COc1ccc(Nc2nc3ccccc3nc2C(=O)OC[C@H]2CCCO2)cc1. The third-order valence-corrected chi connectivity index (χ3v) is 4.54. The second-order valence-electron chi connectivity index (χ2n) is 6.50. The van der Waals surface area contributed by atoms with Crippen molar-refractivity contribution in [2.75, 3.05) is 25.6 Å². The molecule has 1 fully saturated rings. The summed E-state index contributed by atoms with van der Waals surface area (Å²) in [6.07, 6.45) is 1.84. The molecule has 1 saturated heterocycles. The number of hydrogen-bond donors (Lipinski definition) is 1. The van der Waals surface area contributed by atoms with Gasteiger partial charge in [-0.2, -0.15) is 0 Å². The standard InChI is InChI=1S/C21H21N3O4/c1-26-15-10-8-14(9-11-15)22-20-19(21(25)28-13-16-5-4-12-27-16)23-17-6-2-3-7-18(17)24-20/h2-3,6-11,16H,4-5,12-13H2,1H3,(H,22,24)/t16-/m1/s1. The monoisotopic (exact) mass is 379 g/mol.